The molecule has 0 saturated carbocycles. The number of rotatable bonds is 3. The van der Waals surface area contributed by atoms with Crippen LogP contribution in [-0.4, -0.2) is 21.3 Å². The van der Waals surface area contributed by atoms with Crippen molar-refractivity contribution in [1.29, 1.82) is 0 Å². The quantitative estimate of drug-likeness (QED) is 0.389. The smallest absolute Gasteiger partial charge is 0.138 e. The van der Waals surface area contributed by atoms with Crippen LogP contribution >= 0.6 is 27.5 Å². The maximum Gasteiger partial charge on any atom is 0.138 e. The summed E-state index contributed by atoms with van der Waals surface area (Å²) in [7, 11) is 0. The Balaban J connectivity index is 1.68. The number of halogens is 2. The molecule has 0 spiro atoms. The number of aromatic hydroxyl groups is 1. The van der Waals surface area contributed by atoms with Crippen molar-refractivity contribution in [3.63, 3.8) is 0 Å². The lowest BCUT2D eigenvalue weighted by Gasteiger charge is -2.02. The van der Waals surface area contributed by atoms with E-state index in [4.69, 9.17) is 11.6 Å². The second-order valence-corrected chi connectivity index (χ2v) is 7.03. The van der Waals surface area contributed by atoms with Crippen molar-refractivity contribution in [1.82, 2.24) is 9.97 Å². The van der Waals surface area contributed by atoms with Gasteiger partial charge < -0.3 is 10.1 Å². The van der Waals surface area contributed by atoms with Gasteiger partial charge in [0.2, 0.25) is 0 Å². The van der Waals surface area contributed by atoms with Crippen molar-refractivity contribution in [2.24, 2.45) is 4.99 Å². The van der Waals surface area contributed by atoms with Gasteiger partial charge in [0.05, 0.1) is 21.2 Å². The molecule has 4 rings (SSSR count). The van der Waals surface area contributed by atoms with Crippen molar-refractivity contribution >= 4 is 50.5 Å². The molecule has 0 fully saturated rings. The van der Waals surface area contributed by atoms with E-state index < -0.39 is 0 Å². The van der Waals surface area contributed by atoms with Crippen molar-refractivity contribution in [2.75, 3.05) is 0 Å². The summed E-state index contributed by atoms with van der Waals surface area (Å²) in [4.78, 5) is 12.4. The Hall–Kier alpha value is -2.63. The fraction of sp³-hybridized carbons (Fsp3) is 0. The SMILES string of the molecule is Oc1c(Br)cc(Cl)cc1C=Nc1ccc2nc(-c3ccccc3)[nH]c2c1. The lowest BCUT2D eigenvalue weighted by molar-refractivity contribution is 0.471. The van der Waals surface area contributed by atoms with Crippen LogP contribution < -0.4 is 0 Å². The molecular weight excluding hydrogens is 414 g/mol. The molecule has 0 amide bonds. The molecule has 0 saturated heterocycles. The van der Waals surface area contributed by atoms with Crippen molar-refractivity contribution in [3.05, 3.63) is 75.7 Å². The Morgan fingerprint density at radius 2 is 1.88 bits per heavy atom. The van der Waals surface area contributed by atoms with Gasteiger partial charge in [-0.1, -0.05) is 41.9 Å². The molecule has 4 aromatic rings. The second-order valence-electron chi connectivity index (χ2n) is 5.74. The first kappa shape index (κ1) is 16.8. The van der Waals surface area contributed by atoms with E-state index in [0.717, 1.165) is 28.1 Å². The minimum atomic E-state index is 0.104. The lowest BCUT2D eigenvalue weighted by Crippen LogP contribution is -1.84. The third-order valence-electron chi connectivity index (χ3n) is 3.92. The molecule has 3 aromatic carbocycles. The number of nitrogens with one attached hydrogen (secondary N) is 1. The van der Waals surface area contributed by atoms with E-state index in [2.05, 4.69) is 30.9 Å². The van der Waals surface area contributed by atoms with E-state index in [-0.39, 0.29) is 5.75 Å². The van der Waals surface area contributed by atoms with Crippen LogP contribution in [0.2, 0.25) is 5.02 Å². The van der Waals surface area contributed by atoms with Crippen LogP contribution in [0.15, 0.2) is 70.1 Å². The van der Waals surface area contributed by atoms with E-state index >= 15 is 0 Å². The fourth-order valence-corrected chi connectivity index (χ4v) is 3.47. The van der Waals surface area contributed by atoms with Crippen molar-refractivity contribution < 1.29 is 5.11 Å². The first-order valence-corrected chi connectivity index (χ1v) is 9.04. The summed E-state index contributed by atoms with van der Waals surface area (Å²) in [5, 5.41) is 10.6. The minimum absolute atomic E-state index is 0.104. The largest absolute Gasteiger partial charge is 0.506 e. The summed E-state index contributed by atoms with van der Waals surface area (Å²) in [5.41, 5.74) is 4.09. The number of phenols is 1. The number of hydrogen-bond acceptors (Lipinski definition) is 3. The number of phenolic OH excluding ortho intramolecular Hbond substituents is 1. The molecule has 0 radical (unpaired) electrons. The van der Waals surface area contributed by atoms with Gasteiger partial charge in [-0.3, -0.25) is 4.99 Å². The molecule has 2 N–H and O–H groups in total. The van der Waals surface area contributed by atoms with Crippen molar-refractivity contribution in [3.8, 4) is 17.1 Å². The van der Waals surface area contributed by atoms with Gasteiger partial charge in [0.15, 0.2) is 0 Å². The predicted octanol–water partition coefficient (Wildman–Crippen LogP) is 6.10. The third-order valence-corrected chi connectivity index (χ3v) is 4.75. The van der Waals surface area contributed by atoms with E-state index in [1.54, 1.807) is 18.3 Å². The highest BCUT2D eigenvalue weighted by atomic mass is 79.9. The van der Waals surface area contributed by atoms with Gasteiger partial charge in [-0.15, -0.1) is 0 Å². The fourth-order valence-electron chi connectivity index (χ4n) is 2.64. The van der Waals surface area contributed by atoms with Crippen LogP contribution in [0.1, 0.15) is 5.56 Å². The van der Waals surface area contributed by atoms with Gasteiger partial charge in [-0.2, -0.15) is 0 Å². The Morgan fingerprint density at radius 3 is 2.69 bits per heavy atom. The Labute approximate surface area is 163 Å². The predicted molar refractivity (Wildman–Crippen MR) is 110 cm³/mol. The maximum absolute atomic E-state index is 10.1. The number of aromatic nitrogens is 2. The molecule has 1 aromatic heterocycles. The Kier molecular flexibility index (Phi) is 4.49. The molecular formula is C20H13BrClN3O. The van der Waals surface area contributed by atoms with Gasteiger partial charge in [0.25, 0.3) is 0 Å². The van der Waals surface area contributed by atoms with Crippen LogP contribution in [0.4, 0.5) is 5.69 Å². The molecule has 6 heteroatoms. The molecule has 26 heavy (non-hydrogen) atoms. The average Bonchev–Trinajstić information content (AvgIpc) is 3.07. The maximum atomic E-state index is 10.1. The molecule has 0 atom stereocenters. The number of nitrogens with zero attached hydrogens (tertiary/aromatic N) is 2. The van der Waals surface area contributed by atoms with Gasteiger partial charge in [0, 0.05) is 22.4 Å². The molecule has 0 unspecified atom stereocenters. The average molecular weight is 427 g/mol. The Bertz CT molecular complexity index is 1120. The summed E-state index contributed by atoms with van der Waals surface area (Å²) < 4.78 is 0.531. The van der Waals surface area contributed by atoms with Crippen LogP contribution in [0.5, 0.6) is 5.75 Å². The topological polar surface area (TPSA) is 61.3 Å². The van der Waals surface area contributed by atoms with Crippen molar-refractivity contribution in [2.45, 2.75) is 0 Å². The van der Waals surface area contributed by atoms with Gasteiger partial charge in [-0.25, -0.2) is 4.98 Å². The molecule has 128 valence electrons. The highest BCUT2D eigenvalue weighted by molar-refractivity contribution is 9.10. The molecule has 0 aliphatic carbocycles. The summed E-state index contributed by atoms with van der Waals surface area (Å²) in [6.07, 6.45) is 1.58. The minimum Gasteiger partial charge on any atom is -0.506 e. The number of aromatic amines is 1. The number of H-pyrrole nitrogens is 1. The molecule has 4 nitrogen and oxygen atoms in total. The standard InChI is InChI=1S/C20H13BrClN3O/c21-16-9-14(22)8-13(19(16)26)11-23-15-6-7-17-18(10-15)25-20(24-17)12-4-2-1-3-5-12/h1-11,26H,(H,24,25). The highest BCUT2D eigenvalue weighted by Crippen LogP contribution is 2.31. The third kappa shape index (κ3) is 3.36. The second kappa shape index (κ2) is 6.94. The van der Waals surface area contributed by atoms with Crippen LogP contribution in [0.3, 0.4) is 0 Å². The summed E-state index contributed by atoms with van der Waals surface area (Å²) in [5.74, 6) is 0.922. The zero-order valence-corrected chi connectivity index (χ0v) is 15.8. The van der Waals surface area contributed by atoms with E-state index in [1.165, 1.54) is 0 Å². The van der Waals surface area contributed by atoms with E-state index in [9.17, 15) is 5.11 Å². The zero-order valence-electron chi connectivity index (χ0n) is 13.4. The first-order valence-electron chi connectivity index (χ1n) is 7.87. The number of hydrogen-bond donors (Lipinski definition) is 2. The van der Waals surface area contributed by atoms with Gasteiger partial charge in [0.1, 0.15) is 11.6 Å². The number of benzene rings is 3. The molecule has 0 aliphatic rings. The summed E-state index contributed by atoms with van der Waals surface area (Å²) >= 11 is 9.30. The number of aliphatic imine (C=N–C) groups is 1. The molecule has 1 heterocycles. The van der Waals surface area contributed by atoms with E-state index in [1.807, 2.05) is 48.5 Å². The number of fused-ring (bicyclic) bond motifs is 1. The van der Waals surface area contributed by atoms with Gasteiger partial charge >= 0.3 is 0 Å². The van der Waals surface area contributed by atoms with E-state index in [0.29, 0.717) is 15.1 Å². The van der Waals surface area contributed by atoms with Crippen LogP contribution in [0.25, 0.3) is 22.4 Å². The molecule has 0 aliphatic heterocycles. The van der Waals surface area contributed by atoms with Crippen LogP contribution in [0, 0.1) is 0 Å². The molecule has 0 bridgehead atoms. The Morgan fingerprint density at radius 1 is 1.08 bits per heavy atom. The monoisotopic (exact) mass is 425 g/mol. The zero-order chi connectivity index (χ0) is 18.1. The first-order chi connectivity index (χ1) is 12.6. The highest BCUT2D eigenvalue weighted by Gasteiger charge is 2.07. The number of imidazole rings is 1. The van der Waals surface area contributed by atoms with Gasteiger partial charge in [-0.05, 0) is 46.3 Å². The summed E-state index contributed by atoms with van der Waals surface area (Å²) in [6.45, 7) is 0. The summed E-state index contributed by atoms with van der Waals surface area (Å²) in [6, 6.07) is 19.0. The van der Waals surface area contributed by atoms with Crippen LogP contribution in [-0.2, 0) is 0 Å². The lowest BCUT2D eigenvalue weighted by atomic mass is 10.2. The normalized spacial score (nSPS) is 11.5.